The van der Waals surface area contributed by atoms with E-state index in [1.807, 2.05) is 0 Å². The molecular weight excluding hydrogens is 208 g/mol. The zero-order chi connectivity index (χ0) is 11.3. The lowest BCUT2D eigenvalue weighted by atomic mass is 10.4. The number of nitrogen functional groups attached to an aromatic ring is 1. The van der Waals surface area contributed by atoms with Crippen LogP contribution < -0.4 is 16.6 Å². The highest BCUT2D eigenvalue weighted by Gasteiger charge is 2.16. The standard InChI is InChI=1S/C7H11F2N5O/c8-7(9)4(15)1-12-5-2-11-3-6(13-5)14-10/h2-4,7,15H,1,10H2,(H2,12,13,14). The van der Waals surface area contributed by atoms with Gasteiger partial charge in [-0.3, -0.25) is 4.98 Å². The SMILES string of the molecule is NNc1cncc(NCC(O)C(F)F)n1. The first-order valence-electron chi connectivity index (χ1n) is 4.12. The van der Waals surface area contributed by atoms with Crippen molar-refractivity contribution in [2.75, 3.05) is 17.3 Å². The lowest BCUT2D eigenvalue weighted by molar-refractivity contribution is 0.00380. The first-order valence-corrected chi connectivity index (χ1v) is 4.12. The molecule has 1 heterocycles. The Morgan fingerprint density at radius 1 is 1.40 bits per heavy atom. The van der Waals surface area contributed by atoms with Crippen LogP contribution >= 0.6 is 0 Å². The second-order valence-electron chi connectivity index (χ2n) is 2.72. The third-order valence-electron chi connectivity index (χ3n) is 1.57. The van der Waals surface area contributed by atoms with E-state index in [0.717, 1.165) is 0 Å². The van der Waals surface area contributed by atoms with Crippen molar-refractivity contribution in [3.63, 3.8) is 0 Å². The summed E-state index contributed by atoms with van der Waals surface area (Å²) in [6.07, 6.45) is -1.82. The van der Waals surface area contributed by atoms with Gasteiger partial charge in [0.2, 0.25) is 0 Å². The Morgan fingerprint density at radius 3 is 2.67 bits per heavy atom. The van der Waals surface area contributed by atoms with Crippen molar-refractivity contribution in [2.45, 2.75) is 12.5 Å². The number of hydrogen-bond acceptors (Lipinski definition) is 6. The Bertz CT molecular complexity index is 311. The normalized spacial score (nSPS) is 12.6. The molecule has 0 saturated heterocycles. The number of nitrogens with two attached hydrogens (primary N) is 1. The van der Waals surface area contributed by atoms with Gasteiger partial charge in [-0.05, 0) is 0 Å². The van der Waals surface area contributed by atoms with Gasteiger partial charge in [0.05, 0.1) is 12.4 Å². The van der Waals surface area contributed by atoms with Crippen molar-refractivity contribution in [2.24, 2.45) is 5.84 Å². The molecule has 1 unspecified atom stereocenters. The van der Waals surface area contributed by atoms with Crippen LogP contribution in [0.5, 0.6) is 0 Å². The minimum absolute atomic E-state index is 0.255. The van der Waals surface area contributed by atoms with E-state index in [1.165, 1.54) is 12.4 Å². The molecule has 0 spiro atoms. The van der Waals surface area contributed by atoms with Gasteiger partial charge < -0.3 is 15.8 Å². The Balaban J connectivity index is 2.50. The van der Waals surface area contributed by atoms with Crippen LogP contribution in [-0.2, 0) is 0 Å². The van der Waals surface area contributed by atoms with Crippen LogP contribution in [0.15, 0.2) is 12.4 Å². The van der Waals surface area contributed by atoms with E-state index < -0.39 is 12.5 Å². The van der Waals surface area contributed by atoms with Crippen molar-refractivity contribution in [3.05, 3.63) is 12.4 Å². The van der Waals surface area contributed by atoms with Crippen LogP contribution in [0.4, 0.5) is 20.4 Å². The number of halogens is 2. The number of rotatable bonds is 5. The average Bonchev–Trinajstić information content (AvgIpc) is 2.26. The molecule has 0 amide bonds. The zero-order valence-electron chi connectivity index (χ0n) is 7.69. The zero-order valence-corrected chi connectivity index (χ0v) is 7.69. The molecule has 5 N–H and O–H groups in total. The summed E-state index contributed by atoms with van der Waals surface area (Å²) in [5, 5.41) is 11.3. The molecule has 1 atom stereocenters. The maximum atomic E-state index is 11.9. The molecule has 0 bridgehead atoms. The second kappa shape index (κ2) is 5.37. The molecule has 0 aliphatic rings. The number of nitrogens with zero attached hydrogens (tertiary/aromatic N) is 2. The molecule has 84 valence electrons. The van der Waals surface area contributed by atoms with Crippen molar-refractivity contribution in [1.82, 2.24) is 9.97 Å². The summed E-state index contributed by atoms with van der Waals surface area (Å²) >= 11 is 0. The Labute approximate surface area is 84.5 Å². The lowest BCUT2D eigenvalue weighted by Gasteiger charge is -2.11. The van der Waals surface area contributed by atoms with Gasteiger partial charge in [0, 0.05) is 6.54 Å². The van der Waals surface area contributed by atoms with Crippen LogP contribution in [0.2, 0.25) is 0 Å². The van der Waals surface area contributed by atoms with Crippen molar-refractivity contribution in [1.29, 1.82) is 0 Å². The predicted octanol–water partition coefficient (Wildman–Crippen LogP) is -0.200. The first kappa shape index (κ1) is 11.5. The number of aliphatic hydroxyl groups is 1. The van der Waals surface area contributed by atoms with Gasteiger partial charge in [0.15, 0.2) is 5.82 Å². The van der Waals surface area contributed by atoms with Crippen molar-refractivity contribution < 1.29 is 13.9 Å². The van der Waals surface area contributed by atoms with Crippen LogP contribution in [-0.4, -0.2) is 34.1 Å². The van der Waals surface area contributed by atoms with Crippen molar-refractivity contribution >= 4 is 11.6 Å². The topological polar surface area (TPSA) is 96.1 Å². The fraction of sp³-hybridized carbons (Fsp3) is 0.429. The molecular formula is C7H11F2N5O. The van der Waals surface area contributed by atoms with Crippen LogP contribution in [0.25, 0.3) is 0 Å². The average molecular weight is 219 g/mol. The van der Waals surface area contributed by atoms with Crippen LogP contribution in [0, 0.1) is 0 Å². The third-order valence-corrected chi connectivity index (χ3v) is 1.57. The second-order valence-corrected chi connectivity index (χ2v) is 2.72. The first-order chi connectivity index (χ1) is 7.13. The van der Waals surface area contributed by atoms with E-state index in [9.17, 15) is 8.78 Å². The summed E-state index contributed by atoms with van der Waals surface area (Å²) < 4.78 is 23.8. The maximum Gasteiger partial charge on any atom is 0.265 e. The molecule has 1 aromatic heterocycles. The molecule has 1 rings (SSSR count). The van der Waals surface area contributed by atoms with E-state index >= 15 is 0 Å². The minimum atomic E-state index is -2.79. The largest absolute Gasteiger partial charge is 0.385 e. The molecule has 0 fully saturated rings. The number of aliphatic hydroxyl groups excluding tert-OH is 1. The van der Waals surface area contributed by atoms with Gasteiger partial charge in [0.25, 0.3) is 6.43 Å². The highest BCUT2D eigenvalue weighted by Crippen LogP contribution is 2.06. The molecule has 6 nitrogen and oxygen atoms in total. The van der Waals surface area contributed by atoms with Gasteiger partial charge in [0.1, 0.15) is 11.9 Å². The smallest absolute Gasteiger partial charge is 0.265 e. The summed E-state index contributed by atoms with van der Waals surface area (Å²) in [5.74, 6) is 5.63. The molecule has 0 saturated carbocycles. The van der Waals surface area contributed by atoms with E-state index in [-0.39, 0.29) is 12.4 Å². The van der Waals surface area contributed by atoms with Gasteiger partial charge in [-0.2, -0.15) is 0 Å². The molecule has 15 heavy (non-hydrogen) atoms. The van der Waals surface area contributed by atoms with E-state index in [2.05, 4.69) is 20.7 Å². The third kappa shape index (κ3) is 3.60. The minimum Gasteiger partial charge on any atom is -0.385 e. The molecule has 0 aromatic carbocycles. The van der Waals surface area contributed by atoms with Gasteiger partial charge in [-0.1, -0.05) is 0 Å². The molecule has 8 heteroatoms. The summed E-state index contributed by atoms with van der Waals surface area (Å²) in [6.45, 7) is -0.305. The van der Waals surface area contributed by atoms with E-state index in [4.69, 9.17) is 10.9 Å². The van der Waals surface area contributed by atoms with Crippen molar-refractivity contribution in [3.8, 4) is 0 Å². The highest BCUT2D eigenvalue weighted by atomic mass is 19.3. The number of aromatic nitrogens is 2. The van der Waals surface area contributed by atoms with Crippen LogP contribution in [0.3, 0.4) is 0 Å². The van der Waals surface area contributed by atoms with Gasteiger partial charge >= 0.3 is 0 Å². The van der Waals surface area contributed by atoms with Crippen LogP contribution in [0.1, 0.15) is 0 Å². The van der Waals surface area contributed by atoms with Gasteiger partial charge in [-0.15, -0.1) is 0 Å². The van der Waals surface area contributed by atoms with Gasteiger partial charge in [-0.25, -0.2) is 19.6 Å². The summed E-state index contributed by atoms with van der Waals surface area (Å²) in [4.78, 5) is 7.60. The number of hydrazine groups is 1. The molecule has 1 aromatic rings. The lowest BCUT2D eigenvalue weighted by Crippen LogP contribution is -2.27. The Hall–Kier alpha value is -1.54. The quantitative estimate of drug-likeness (QED) is 0.404. The highest BCUT2D eigenvalue weighted by molar-refractivity contribution is 5.40. The summed E-state index contributed by atoms with van der Waals surface area (Å²) in [7, 11) is 0. The fourth-order valence-electron chi connectivity index (χ4n) is 0.819. The van der Waals surface area contributed by atoms with E-state index in [0.29, 0.717) is 5.82 Å². The predicted molar refractivity (Wildman–Crippen MR) is 50.3 cm³/mol. The number of nitrogens with one attached hydrogen (secondary N) is 2. The van der Waals surface area contributed by atoms with E-state index in [1.54, 1.807) is 0 Å². The summed E-state index contributed by atoms with van der Waals surface area (Å²) in [5.41, 5.74) is 2.25. The summed E-state index contributed by atoms with van der Waals surface area (Å²) in [6, 6.07) is 0. The molecule has 0 radical (unpaired) electrons. The number of alkyl halides is 2. The number of anilines is 2. The molecule has 0 aliphatic carbocycles. The molecule has 0 aliphatic heterocycles. The Morgan fingerprint density at radius 2 is 2.07 bits per heavy atom. The maximum absolute atomic E-state index is 11.9. The fourth-order valence-corrected chi connectivity index (χ4v) is 0.819. The monoisotopic (exact) mass is 219 g/mol. The Kier molecular flexibility index (Phi) is 4.13. The number of hydrogen-bond donors (Lipinski definition) is 4.